The average molecular weight is 365 g/mol. The van der Waals surface area contributed by atoms with E-state index in [-0.39, 0.29) is 10.9 Å². The zero-order valence-electron chi connectivity index (χ0n) is 15.7. The summed E-state index contributed by atoms with van der Waals surface area (Å²) in [5.74, 6) is 0.296. The van der Waals surface area contributed by atoms with Crippen molar-refractivity contribution >= 4 is 25.9 Å². The molecule has 2 aliphatic rings. The van der Waals surface area contributed by atoms with E-state index in [2.05, 4.69) is 35.8 Å². The minimum absolute atomic E-state index is 0.0211. The average Bonchev–Trinajstić information content (AvgIpc) is 2.96. The van der Waals surface area contributed by atoms with Crippen LogP contribution in [0.2, 0.25) is 24.2 Å². The van der Waals surface area contributed by atoms with E-state index in [4.69, 9.17) is 0 Å². The number of carbonyl (C=O) groups is 2. The molecule has 25 heavy (non-hydrogen) atoms. The SMILES string of the molecule is CC[Si](C)(C)C1(C(=O)Nc2c3c(nn2C(=O)O)C(C)(C)NC3)CCC1. The molecule has 1 amide bonds. The van der Waals surface area contributed by atoms with Gasteiger partial charge in [-0.15, -0.1) is 4.68 Å². The summed E-state index contributed by atoms with van der Waals surface area (Å²) in [4.78, 5) is 24.9. The molecule has 0 bridgehead atoms. The molecule has 1 saturated carbocycles. The molecule has 1 aliphatic carbocycles. The van der Waals surface area contributed by atoms with Gasteiger partial charge in [-0.1, -0.05) is 32.5 Å². The molecule has 3 rings (SSSR count). The molecule has 0 radical (unpaired) electrons. The Morgan fingerprint density at radius 3 is 2.48 bits per heavy atom. The first-order valence-corrected chi connectivity index (χ1v) is 12.2. The Hall–Kier alpha value is -1.67. The lowest BCUT2D eigenvalue weighted by molar-refractivity contribution is -0.121. The van der Waals surface area contributed by atoms with Gasteiger partial charge in [0.25, 0.3) is 0 Å². The van der Waals surface area contributed by atoms with Gasteiger partial charge in [0.2, 0.25) is 5.91 Å². The molecule has 1 aromatic rings. The van der Waals surface area contributed by atoms with Crippen molar-refractivity contribution in [3.05, 3.63) is 11.3 Å². The molecular weight excluding hydrogens is 336 g/mol. The van der Waals surface area contributed by atoms with Crippen LogP contribution >= 0.6 is 0 Å². The number of aromatic nitrogens is 2. The summed E-state index contributed by atoms with van der Waals surface area (Å²) in [5.41, 5.74) is 1.08. The topological polar surface area (TPSA) is 96.2 Å². The molecule has 0 unspecified atom stereocenters. The van der Waals surface area contributed by atoms with Gasteiger partial charge in [0.05, 0.1) is 19.3 Å². The molecule has 3 N–H and O–H groups in total. The number of carbonyl (C=O) groups excluding carboxylic acids is 1. The van der Waals surface area contributed by atoms with E-state index in [0.29, 0.717) is 18.1 Å². The van der Waals surface area contributed by atoms with E-state index in [1.807, 2.05) is 13.8 Å². The van der Waals surface area contributed by atoms with Crippen molar-refractivity contribution in [1.82, 2.24) is 15.1 Å². The second-order valence-corrected chi connectivity index (χ2v) is 13.9. The molecule has 0 atom stereocenters. The summed E-state index contributed by atoms with van der Waals surface area (Å²) < 4.78 is 0.929. The van der Waals surface area contributed by atoms with Crippen molar-refractivity contribution < 1.29 is 14.7 Å². The van der Waals surface area contributed by atoms with Crippen LogP contribution in [0.15, 0.2) is 0 Å². The number of nitrogens with zero attached hydrogens (tertiary/aromatic N) is 2. The molecule has 0 spiro atoms. The van der Waals surface area contributed by atoms with E-state index < -0.39 is 19.7 Å². The van der Waals surface area contributed by atoms with Crippen LogP contribution in [-0.4, -0.2) is 35.0 Å². The van der Waals surface area contributed by atoms with Crippen LogP contribution in [0.3, 0.4) is 0 Å². The highest BCUT2D eigenvalue weighted by molar-refractivity contribution is 6.84. The summed E-state index contributed by atoms with van der Waals surface area (Å²) in [5, 5.41) is 19.8. The molecule has 2 heterocycles. The number of rotatable bonds is 4. The largest absolute Gasteiger partial charge is 0.463 e. The number of amides is 1. The molecule has 7 nitrogen and oxygen atoms in total. The van der Waals surface area contributed by atoms with Crippen molar-refractivity contribution in [2.75, 3.05) is 5.32 Å². The first kappa shape index (κ1) is 18.1. The van der Waals surface area contributed by atoms with Gasteiger partial charge in [-0.05, 0) is 26.7 Å². The first-order chi connectivity index (χ1) is 11.6. The van der Waals surface area contributed by atoms with Gasteiger partial charge in [0, 0.05) is 17.1 Å². The fraction of sp³-hybridized carbons (Fsp3) is 0.706. The second-order valence-electron chi connectivity index (χ2n) is 8.48. The molecule has 1 fully saturated rings. The van der Waals surface area contributed by atoms with Gasteiger partial charge in [0.1, 0.15) is 5.82 Å². The zero-order valence-corrected chi connectivity index (χ0v) is 16.7. The zero-order chi connectivity index (χ0) is 18.6. The molecular formula is C17H28N4O3Si. The van der Waals surface area contributed by atoms with Crippen molar-refractivity contribution in [2.45, 2.75) is 76.3 Å². The van der Waals surface area contributed by atoms with Crippen molar-refractivity contribution in [1.29, 1.82) is 0 Å². The normalized spacial score (nSPS) is 20.7. The predicted octanol–water partition coefficient (Wildman–Crippen LogP) is 3.34. The van der Waals surface area contributed by atoms with Crippen LogP contribution < -0.4 is 10.6 Å². The predicted molar refractivity (Wildman–Crippen MR) is 98.7 cm³/mol. The monoisotopic (exact) mass is 364 g/mol. The quantitative estimate of drug-likeness (QED) is 0.712. The van der Waals surface area contributed by atoms with Gasteiger partial charge in [-0.25, -0.2) is 4.79 Å². The van der Waals surface area contributed by atoms with Gasteiger partial charge < -0.3 is 15.7 Å². The Balaban J connectivity index is 1.99. The Bertz CT molecular complexity index is 734. The second kappa shape index (κ2) is 5.67. The van der Waals surface area contributed by atoms with Crippen LogP contribution in [0.1, 0.15) is 51.3 Å². The van der Waals surface area contributed by atoms with Crippen molar-refractivity contribution in [2.24, 2.45) is 0 Å². The summed E-state index contributed by atoms with van der Waals surface area (Å²) >= 11 is 0. The van der Waals surface area contributed by atoms with Gasteiger partial charge in [0.15, 0.2) is 0 Å². The third-order valence-corrected chi connectivity index (χ3v) is 11.6. The van der Waals surface area contributed by atoms with E-state index >= 15 is 0 Å². The smallest absolute Gasteiger partial charge is 0.434 e. The van der Waals surface area contributed by atoms with E-state index in [0.717, 1.165) is 35.6 Å². The lowest BCUT2D eigenvalue weighted by Gasteiger charge is -2.50. The van der Waals surface area contributed by atoms with Crippen LogP contribution in [0.25, 0.3) is 0 Å². The summed E-state index contributed by atoms with van der Waals surface area (Å²) in [7, 11) is -1.74. The standard InChI is InChI=1S/C17H28N4O3Si/c1-6-25(4,5)17(8-7-9-17)14(22)19-13-11-10-18-16(2,3)12(11)20-21(13)15(23)24/h18H,6-10H2,1-5H3,(H,19,22)(H,23,24). The minimum atomic E-state index is -1.74. The number of fused-ring (bicyclic) bond motifs is 1. The summed E-state index contributed by atoms with van der Waals surface area (Å²) in [6.45, 7) is 11.1. The Kier molecular flexibility index (Phi) is 4.11. The van der Waals surface area contributed by atoms with Gasteiger partial charge >= 0.3 is 6.09 Å². The van der Waals surface area contributed by atoms with Crippen LogP contribution in [-0.2, 0) is 16.9 Å². The summed E-state index contributed by atoms with van der Waals surface area (Å²) in [6, 6.07) is 1.03. The number of hydrogen-bond donors (Lipinski definition) is 3. The van der Waals surface area contributed by atoms with Crippen LogP contribution in [0.5, 0.6) is 0 Å². The number of anilines is 1. The maximum absolute atomic E-state index is 13.2. The molecule has 1 aliphatic heterocycles. The molecule has 1 aromatic heterocycles. The molecule has 0 aromatic carbocycles. The number of nitrogens with one attached hydrogen (secondary N) is 2. The Morgan fingerprint density at radius 1 is 1.36 bits per heavy atom. The Morgan fingerprint density at radius 2 is 2.00 bits per heavy atom. The van der Waals surface area contributed by atoms with Crippen LogP contribution in [0, 0.1) is 0 Å². The fourth-order valence-electron chi connectivity index (χ4n) is 4.09. The highest BCUT2D eigenvalue weighted by atomic mass is 28.3. The lowest BCUT2D eigenvalue weighted by Crippen LogP contribution is -2.53. The highest BCUT2D eigenvalue weighted by Gasteiger charge is 2.55. The van der Waals surface area contributed by atoms with Crippen molar-refractivity contribution in [3.63, 3.8) is 0 Å². The first-order valence-electron chi connectivity index (χ1n) is 8.98. The van der Waals surface area contributed by atoms with Crippen molar-refractivity contribution in [3.8, 4) is 0 Å². The Labute approximate surface area is 149 Å². The summed E-state index contributed by atoms with van der Waals surface area (Å²) in [6.07, 6.45) is 1.70. The highest BCUT2D eigenvalue weighted by Crippen LogP contribution is 2.57. The molecule has 0 saturated heterocycles. The molecule has 138 valence electrons. The number of hydrogen-bond acceptors (Lipinski definition) is 4. The number of carboxylic acid groups (broad SMARTS) is 1. The van der Waals surface area contributed by atoms with E-state index in [9.17, 15) is 14.7 Å². The van der Waals surface area contributed by atoms with E-state index in [1.165, 1.54) is 0 Å². The molecule has 8 heteroatoms. The minimum Gasteiger partial charge on any atom is -0.463 e. The third kappa shape index (κ3) is 2.53. The van der Waals surface area contributed by atoms with E-state index in [1.54, 1.807) is 0 Å². The maximum Gasteiger partial charge on any atom is 0.434 e. The third-order valence-electron chi connectivity index (χ3n) is 6.52. The van der Waals surface area contributed by atoms with Gasteiger partial charge in [-0.3, -0.25) is 4.79 Å². The van der Waals surface area contributed by atoms with Crippen LogP contribution in [0.4, 0.5) is 10.6 Å². The fourth-order valence-corrected chi connectivity index (χ4v) is 7.15. The maximum atomic E-state index is 13.2. The van der Waals surface area contributed by atoms with Gasteiger partial charge in [-0.2, -0.15) is 5.10 Å². The lowest BCUT2D eigenvalue weighted by atomic mass is 9.83.